The number of nitrogen functional groups attached to an aromatic ring is 2. The molecule has 2 heterocycles. The number of ether oxygens (including phenoxy) is 1. The van der Waals surface area contributed by atoms with Crippen LogP contribution >= 0.6 is 0 Å². The lowest BCUT2D eigenvalue weighted by atomic mass is 10.0. The maximum Gasteiger partial charge on any atom is 0.224 e. The molecule has 21 heavy (non-hydrogen) atoms. The van der Waals surface area contributed by atoms with Gasteiger partial charge in [-0.1, -0.05) is 13.3 Å². The second-order valence-corrected chi connectivity index (χ2v) is 5.45. The zero-order valence-electron chi connectivity index (χ0n) is 12.1. The van der Waals surface area contributed by atoms with E-state index < -0.39 is 6.10 Å². The quantitative estimate of drug-likeness (QED) is 0.744. The van der Waals surface area contributed by atoms with Crippen molar-refractivity contribution in [1.82, 2.24) is 19.5 Å². The fourth-order valence-electron chi connectivity index (χ4n) is 3.29. The van der Waals surface area contributed by atoms with Crippen LogP contribution in [0.2, 0.25) is 0 Å². The van der Waals surface area contributed by atoms with Gasteiger partial charge in [0.1, 0.15) is 11.6 Å². The fraction of sp³-hybridized carbons (Fsp3) is 0.615. The molecule has 1 fully saturated rings. The van der Waals surface area contributed by atoms with Crippen LogP contribution in [0.15, 0.2) is 6.33 Å². The first-order chi connectivity index (χ1) is 10.1. The number of methoxy groups -OCH3 is 1. The standard InChI is InChI=1S/C13H20N6O2/c1-3-6-4-7(9(20)10(6)21-2)19-5-16-8-11(14)17-13(15)18-12(8)19/h5-7,9-10,20H,3-4H2,1-2H3,(H4,14,15,17,18)/t6-,7+,9-,10+/m0/s1. The van der Waals surface area contributed by atoms with Gasteiger partial charge in [0.05, 0.1) is 18.5 Å². The van der Waals surface area contributed by atoms with Crippen LogP contribution in [0.3, 0.4) is 0 Å². The van der Waals surface area contributed by atoms with E-state index in [-0.39, 0.29) is 23.9 Å². The molecule has 0 aliphatic heterocycles. The highest BCUT2D eigenvalue weighted by atomic mass is 16.5. The number of rotatable bonds is 3. The summed E-state index contributed by atoms with van der Waals surface area (Å²) in [4.78, 5) is 12.4. The highest BCUT2D eigenvalue weighted by molar-refractivity contribution is 5.82. The van der Waals surface area contributed by atoms with Crippen LogP contribution < -0.4 is 11.5 Å². The summed E-state index contributed by atoms with van der Waals surface area (Å²) in [5.41, 5.74) is 12.5. The molecule has 5 N–H and O–H groups in total. The van der Waals surface area contributed by atoms with Gasteiger partial charge in [-0.3, -0.25) is 0 Å². The van der Waals surface area contributed by atoms with Gasteiger partial charge in [-0.15, -0.1) is 0 Å². The van der Waals surface area contributed by atoms with E-state index >= 15 is 0 Å². The molecule has 1 saturated carbocycles. The third kappa shape index (κ3) is 2.11. The third-order valence-electron chi connectivity index (χ3n) is 4.36. The Morgan fingerprint density at radius 3 is 2.81 bits per heavy atom. The molecule has 0 spiro atoms. The van der Waals surface area contributed by atoms with E-state index in [0.29, 0.717) is 17.1 Å². The van der Waals surface area contributed by atoms with E-state index in [2.05, 4.69) is 21.9 Å². The number of nitrogens with two attached hydrogens (primary N) is 2. The SMILES string of the molecule is CC[C@H]1C[C@@H](n2cnc3c(N)nc(N)nc32)[C@H](O)[C@@H]1OC. The molecule has 0 saturated heterocycles. The second-order valence-electron chi connectivity index (χ2n) is 5.45. The summed E-state index contributed by atoms with van der Waals surface area (Å²) in [6.07, 6.45) is 2.57. The van der Waals surface area contributed by atoms with Gasteiger partial charge in [-0.05, 0) is 12.3 Å². The van der Waals surface area contributed by atoms with Crippen LogP contribution in [0.25, 0.3) is 11.2 Å². The van der Waals surface area contributed by atoms with Gasteiger partial charge in [0.15, 0.2) is 11.5 Å². The molecule has 2 aromatic rings. The van der Waals surface area contributed by atoms with Gasteiger partial charge in [-0.25, -0.2) is 4.98 Å². The van der Waals surface area contributed by atoms with Crippen LogP contribution in [0.1, 0.15) is 25.8 Å². The van der Waals surface area contributed by atoms with Crippen molar-refractivity contribution in [2.75, 3.05) is 18.6 Å². The van der Waals surface area contributed by atoms with Gasteiger partial charge in [0.25, 0.3) is 0 Å². The van der Waals surface area contributed by atoms with E-state index in [1.807, 2.05) is 4.57 Å². The zero-order chi connectivity index (χ0) is 15.1. The molecule has 0 unspecified atom stereocenters. The summed E-state index contributed by atoms with van der Waals surface area (Å²) in [5.74, 6) is 0.646. The average molecular weight is 292 g/mol. The monoisotopic (exact) mass is 292 g/mol. The highest BCUT2D eigenvalue weighted by Crippen LogP contribution is 2.39. The largest absolute Gasteiger partial charge is 0.388 e. The lowest BCUT2D eigenvalue weighted by molar-refractivity contribution is -0.0237. The zero-order valence-corrected chi connectivity index (χ0v) is 12.1. The Bertz CT molecular complexity index is 657. The van der Waals surface area contributed by atoms with Gasteiger partial charge in [0, 0.05) is 7.11 Å². The minimum atomic E-state index is -0.616. The lowest BCUT2D eigenvalue weighted by Crippen LogP contribution is -2.31. The van der Waals surface area contributed by atoms with Crippen LogP contribution in [-0.2, 0) is 4.74 Å². The lowest BCUT2D eigenvalue weighted by Gasteiger charge is -2.21. The molecule has 114 valence electrons. The number of hydrogen-bond donors (Lipinski definition) is 3. The molecule has 4 atom stereocenters. The topological polar surface area (TPSA) is 125 Å². The number of nitrogens with zero attached hydrogens (tertiary/aromatic N) is 4. The molecule has 0 radical (unpaired) electrons. The molecular formula is C13H20N6O2. The summed E-state index contributed by atoms with van der Waals surface area (Å²) in [6.45, 7) is 2.09. The number of fused-ring (bicyclic) bond motifs is 1. The second kappa shape index (κ2) is 5.12. The molecule has 1 aliphatic carbocycles. The van der Waals surface area contributed by atoms with Crippen molar-refractivity contribution in [1.29, 1.82) is 0 Å². The maximum absolute atomic E-state index is 10.5. The first-order valence-corrected chi connectivity index (χ1v) is 7.03. The van der Waals surface area contributed by atoms with Gasteiger partial charge < -0.3 is 25.9 Å². The number of hydrogen-bond acceptors (Lipinski definition) is 7. The summed E-state index contributed by atoms with van der Waals surface area (Å²) in [6, 6.07) is -0.154. The maximum atomic E-state index is 10.5. The summed E-state index contributed by atoms with van der Waals surface area (Å²) in [5, 5.41) is 10.5. The summed E-state index contributed by atoms with van der Waals surface area (Å²) < 4.78 is 7.28. The van der Waals surface area contributed by atoms with Crippen molar-refractivity contribution in [3.05, 3.63) is 6.33 Å². The molecule has 0 bridgehead atoms. The number of aromatic nitrogens is 4. The van der Waals surface area contributed by atoms with Crippen molar-refractivity contribution in [2.45, 2.75) is 38.0 Å². The average Bonchev–Trinajstić information content (AvgIpc) is 2.99. The first-order valence-electron chi connectivity index (χ1n) is 7.03. The normalized spacial score (nSPS) is 29.3. The molecule has 8 heteroatoms. The molecule has 1 aliphatic rings. The van der Waals surface area contributed by atoms with Gasteiger partial charge >= 0.3 is 0 Å². The van der Waals surface area contributed by atoms with E-state index in [0.717, 1.165) is 12.8 Å². The van der Waals surface area contributed by atoms with Crippen LogP contribution in [0.4, 0.5) is 11.8 Å². The smallest absolute Gasteiger partial charge is 0.224 e. The number of imidazole rings is 1. The van der Waals surface area contributed by atoms with Crippen LogP contribution in [-0.4, -0.2) is 43.9 Å². The summed E-state index contributed by atoms with van der Waals surface area (Å²) >= 11 is 0. The van der Waals surface area contributed by atoms with Gasteiger partial charge in [0.2, 0.25) is 5.95 Å². The fourth-order valence-corrected chi connectivity index (χ4v) is 3.29. The van der Waals surface area contributed by atoms with Crippen molar-refractivity contribution in [3.63, 3.8) is 0 Å². The van der Waals surface area contributed by atoms with Crippen molar-refractivity contribution in [3.8, 4) is 0 Å². The number of anilines is 2. The number of aliphatic hydroxyl groups is 1. The molecule has 0 aromatic carbocycles. The van der Waals surface area contributed by atoms with Crippen LogP contribution in [0, 0.1) is 5.92 Å². The Morgan fingerprint density at radius 2 is 2.19 bits per heavy atom. The minimum Gasteiger partial charge on any atom is -0.388 e. The van der Waals surface area contributed by atoms with E-state index in [9.17, 15) is 5.11 Å². The molecular weight excluding hydrogens is 272 g/mol. The predicted octanol–water partition coefficient (Wildman–Crippen LogP) is 0.338. The van der Waals surface area contributed by atoms with E-state index in [1.165, 1.54) is 0 Å². The van der Waals surface area contributed by atoms with Crippen molar-refractivity contribution >= 4 is 22.9 Å². The molecule has 0 amide bonds. The predicted molar refractivity (Wildman–Crippen MR) is 78.4 cm³/mol. The Labute approximate surface area is 122 Å². The Kier molecular flexibility index (Phi) is 3.42. The highest BCUT2D eigenvalue weighted by Gasteiger charge is 2.43. The molecule has 3 rings (SSSR count). The molecule has 8 nitrogen and oxygen atoms in total. The van der Waals surface area contributed by atoms with Crippen molar-refractivity contribution in [2.24, 2.45) is 5.92 Å². The minimum absolute atomic E-state index is 0.101. The summed E-state index contributed by atoms with van der Waals surface area (Å²) in [7, 11) is 1.63. The van der Waals surface area contributed by atoms with E-state index in [1.54, 1.807) is 13.4 Å². The Balaban J connectivity index is 2.05. The molecule has 2 aromatic heterocycles. The third-order valence-corrected chi connectivity index (χ3v) is 4.36. The Morgan fingerprint density at radius 1 is 1.43 bits per heavy atom. The van der Waals surface area contributed by atoms with Crippen LogP contribution in [0.5, 0.6) is 0 Å². The first kappa shape index (κ1) is 14.0. The van der Waals surface area contributed by atoms with Gasteiger partial charge in [-0.2, -0.15) is 9.97 Å². The van der Waals surface area contributed by atoms with E-state index in [4.69, 9.17) is 16.2 Å². The van der Waals surface area contributed by atoms with Crippen molar-refractivity contribution < 1.29 is 9.84 Å². The Hall–Kier alpha value is -1.93. The number of aliphatic hydroxyl groups excluding tert-OH is 1.